The van der Waals surface area contributed by atoms with Crippen molar-refractivity contribution in [2.45, 2.75) is 18.9 Å². The average molecular weight is 371 g/mol. The maximum absolute atomic E-state index is 11.2. The number of carboxylic acid groups (broad SMARTS) is 1. The number of anilines is 1. The minimum Gasteiger partial charge on any atom is -0.478 e. The molecule has 3 heterocycles. The highest BCUT2D eigenvalue weighted by molar-refractivity contribution is 5.88. The normalized spacial score (nSPS) is 15.3. The molecule has 8 nitrogen and oxygen atoms in total. The van der Waals surface area contributed by atoms with Crippen molar-refractivity contribution in [2.24, 2.45) is 0 Å². The number of aromatic carboxylic acids is 1. The molecular weight excluding hydrogens is 346 g/mol. The summed E-state index contributed by atoms with van der Waals surface area (Å²) >= 11 is 0. The van der Waals surface area contributed by atoms with Crippen LogP contribution in [0, 0.1) is 0 Å². The van der Waals surface area contributed by atoms with Crippen molar-refractivity contribution in [1.29, 1.82) is 0 Å². The molecule has 0 radical (unpaired) electrons. The highest BCUT2D eigenvalue weighted by Gasteiger charge is 2.22. The van der Waals surface area contributed by atoms with E-state index >= 15 is 0 Å². The molecule has 8 heteroatoms. The lowest BCUT2D eigenvalue weighted by Crippen LogP contribution is -2.38. The van der Waals surface area contributed by atoms with Crippen molar-refractivity contribution >= 4 is 11.9 Å². The van der Waals surface area contributed by atoms with Crippen LogP contribution in [0.25, 0.3) is 11.4 Å². The topological polar surface area (TPSA) is 91.7 Å². The summed E-state index contributed by atoms with van der Waals surface area (Å²) in [5.74, 6) is -0.342. The number of piperidine rings is 1. The van der Waals surface area contributed by atoms with E-state index in [1.165, 1.54) is 18.3 Å². The van der Waals surface area contributed by atoms with E-state index in [2.05, 4.69) is 24.8 Å². The van der Waals surface area contributed by atoms with Gasteiger partial charge in [-0.05, 0) is 45.1 Å². The first-order valence-corrected chi connectivity index (χ1v) is 9.07. The van der Waals surface area contributed by atoms with Crippen molar-refractivity contribution in [2.75, 3.05) is 45.2 Å². The van der Waals surface area contributed by atoms with Crippen LogP contribution in [0.3, 0.4) is 0 Å². The van der Waals surface area contributed by atoms with E-state index in [1.807, 2.05) is 14.1 Å². The summed E-state index contributed by atoms with van der Waals surface area (Å²) in [7, 11) is 4.08. The first kappa shape index (κ1) is 19.2. The Morgan fingerprint density at radius 3 is 2.67 bits per heavy atom. The number of aromatic nitrogens is 3. The first-order chi connectivity index (χ1) is 13.0. The summed E-state index contributed by atoms with van der Waals surface area (Å²) in [5, 5.41) is 9.15. The van der Waals surface area contributed by atoms with E-state index in [0.717, 1.165) is 39.1 Å². The van der Waals surface area contributed by atoms with Gasteiger partial charge in [0.25, 0.3) is 0 Å². The molecule has 0 saturated carbocycles. The molecule has 0 atom stereocenters. The van der Waals surface area contributed by atoms with Crippen molar-refractivity contribution < 1.29 is 14.6 Å². The summed E-state index contributed by atoms with van der Waals surface area (Å²) in [4.78, 5) is 28.6. The van der Waals surface area contributed by atoms with Gasteiger partial charge in [0.2, 0.25) is 5.95 Å². The molecule has 1 aliphatic rings. The molecule has 0 aliphatic carbocycles. The second-order valence-corrected chi connectivity index (χ2v) is 6.84. The fraction of sp³-hybridized carbons (Fsp3) is 0.474. The lowest BCUT2D eigenvalue weighted by molar-refractivity contribution is 0.0293. The van der Waals surface area contributed by atoms with E-state index < -0.39 is 5.97 Å². The van der Waals surface area contributed by atoms with Gasteiger partial charge in [0, 0.05) is 32.0 Å². The Balaban J connectivity index is 1.63. The van der Waals surface area contributed by atoms with E-state index in [0.29, 0.717) is 17.3 Å². The predicted molar refractivity (Wildman–Crippen MR) is 102 cm³/mol. The molecule has 1 saturated heterocycles. The van der Waals surface area contributed by atoms with Gasteiger partial charge < -0.3 is 19.6 Å². The highest BCUT2D eigenvalue weighted by Crippen LogP contribution is 2.21. The van der Waals surface area contributed by atoms with Crippen molar-refractivity contribution in [1.82, 2.24) is 19.9 Å². The number of hydrogen-bond donors (Lipinski definition) is 1. The minimum atomic E-state index is -0.982. The number of nitrogens with zero attached hydrogens (tertiary/aromatic N) is 5. The predicted octanol–water partition coefficient (Wildman–Crippen LogP) is 1.78. The third-order valence-electron chi connectivity index (χ3n) is 4.53. The van der Waals surface area contributed by atoms with Gasteiger partial charge in [0.15, 0.2) is 0 Å². The fourth-order valence-corrected chi connectivity index (χ4v) is 2.97. The summed E-state index contributed by atoms with van der Waals surface area (Å²) in [6.07, 6.45) is 5.32. The van der Waals surface area contributed by atoms with E-state index in [9.17, 15) is 4.79 Å². The summed E-state index contributed by atoms with van der Waals surface area (Å²) in [6, 6.07) is 4.74. The zero-order valence-electron chi connectivity index (χ0n) is 15.7. The molecule has 1 aliphatic heterocycles. The molecule has 0 unspecified atom stereocenters. The van der Waals surface area contributed by atoms with Crippen LogP contribution in [0.2, 0.25) is 0 Å². The second kappa shape index (κ2) is 8.88. The van der Waals surface area contributed by atoms with Crippen LogP contribution in [-0.4, -0.2) is 77.4 Å². The standard InChI is InChI=1S/C19H25N5O3/c1-23(2)11-12-27-15-5-9-24(10-6-15)19-21-8-4-16(22-19)17-13-14(18(25)26)3-7-20-17/h3-4,7-8,13,15H,5-6,9-12H2,1-2H3,(H,25,26). The molecular formula is C19H25N5O3. The van der Waals surface area contributed by atoms with Gasteiger partial charge in [-0.15, -0.1) is 0 Å². The first-order valence-electron chi connectivity index (χ1n) is 9.07. The molecule has 0 amide bonds. The molecule has 0 spiro atoms. The maximum Gasteiger partial charge on any atom is 0.335 e. The third kappa shape index (κ3) is 5.21. The van der Waals surface area contributed by atoms with Crippen LogP contribution in [-0.2, 0) is 4.74 Å². The summed E-state index contributed by atoms with van der Waals surface area (Å²) in [6.45, 7) is 3.33. The molecule has 0 bridgehead atoms. The monoisotopic (exact) mass is 371 g/mol. The minimum absolute atomic E-state index is 0.191. The molecule has 3 rings (SSSR count). The van der Waals surface area contributed by atoms with Crippen LogP contribution in [0.4, 0.5) is 5.95 Å². The number of hydrogen-bond acceptors (Lipinski definition) is 7. The van der Waals surface area contributed by atoms with E-state index in [4.69, 9.17) is 9.84 Å². The summed E-state index contributed by atoms with van der Waals surface area (Å²) in [5.41, 5.74) is 1.34. The van der Waals surface area contributed by atoms with Gasteiger partial charge in [-0.1, -0.05) is 0 Å². The van der Waals surface area contributed by atoms with E-state index in [1.54, 1.807) is 12.3 Å². The smallest absolute Gasteiger partial charge is 0.335 e. The zero-order valence-corrected chi connectivity index (χ0v) is 15.7. The average Bonchev–Trinajstić information content (AvgIpc) is 2.68. The number of rotatable bonds is 7. The van der Waals surface area contributed by atoms with Crippen LogP contribution in [0.15, 0.2) is 30.6 Å². The Morgan fingerprint density at radius 2 is 1.96 bits per heavy atom. The Bertz CT molecular complexity index is 775. The molecule has 144 valence electrons. The van der Waals surface area contributed by atoms with Crippen LogP contribution in [0.5, 0.6) is 0 Å². The fourth-order valence-electron chi connectivity index (χ4n) is 2.97. The number of carboxylic acids is 1. The number of ether oxygens (including phenoxy) is 1. The number of pyridine rings is 1. The van der Waals surface area contributed by atoms with Crippen LogP contribution < -0.4 is 4.90 Å². The van der Waals surface area contributed by atoms with Crippen molar-refractivity contribution in [3.63, 3.8) is 0 Å². The Labute approximate surface area is 158 Å². The second-order valence-electron chi connectivity index (χ2n) is 6.84. The highest BCUT2D eigenvalue weighted by atomic mass is 16.5. The van der Waals surface area contributed by atoms with Gasteiger partial charge in [0.05, 0.1) is 29.7 Å². The van der Waals surface area contributed by atoms with Crippen LogP contribution in [0.1, 0.15) is 23.2 Å². The molecule has 2 aromatic rings. The lowest BCUT2D eigenvalue weighted by atomic mass is 10.1. The van der Waals surface area contributed by atoms with Crippen LogP contribution >= 0.6 is 0 Å². The van der Waals surface area contributed by atoms with Gasteiger partial charge in [-0.2, -0.15) is 0 Å². The molecule has 0 aromatic carbocycles. The molecule has 1 N–H and O–H groups in total. The molecule has 1 fully saturated rings. The van der Waals surface area contributed by atoms with Gasteiger partial charge in [-0.25, -0.2) is 14.8 Å². The maximum atomic E-state index is 11.2. The summed E-state index contributed by atoms with van der Waals surface area (Å²) < 4.78 is 5.93. The van der Waals surface area contributed by atoms with Gasteiger partial charge >= 0.3 is 5.97 Å². The number of carbonyl (C=O) groups is 1. The van der Waals surface area contributed by atoms with Crippen molar-refractivity contribution in [3.05, 3.63) is 36.2 Å². The SMILES string of the molecule is CN(C)CCOC1CCN(c2nccc(-c3cc(C(=O)O)ccn3)n2)CC1. The van der Waals surface area contributed by atoms with Gasteiger partial charge in [0.1, 0.15) is 0 Å². The largest absolute Gasteiger partial charge is 0.478 e. The Kier molecular flexibility index (Phi) is 6.31. The number of likely N-dealkylation sites (N-methyl/N-ethyl adjacent to an activating group) is 1. The Morgan fingerprint density at radius 1 is 1.22 bits per heavy atom. The quantitative estimate of drug-likeness (QED) is 0.788. The molecule has 2 aromatic heterocycles. The third-order valence-corrected chi connectivity index (χ3v) is 4.53. The van der Waals surface area contributed by atoms with Gasteiger partial charge in [-0.3, -0.25) is 4.98 Å². The molecule has 27 heavy (non-hydrogen) atoms. The lowest BCUT2D eigenvalue weighted by Gasteiger charge is -2.32. The van der Waals surface area contributed by atoms with Crippen molar-refractivity contribution in [3.8, 4) is 11.4 Å². The van der Waals surface area contributed by atoms with E-state index in [-0.39, 0.29) is 11.7 Å². The Hall–Kier alpha value is -2.58. The zero-order chi connectivity index (χ0) is 19.2.